The minimum absolute atomic E-state index is 0.0965. The molecule has 1 atom stereocenters. The maximum Gasteiger partial charge on any atom is 0.260 e. The number of ether oxygens (including phenoxy) is 2. The van der Waals surface area contributed by atoms with Gasteiger partial charge in [-0.1, -0.05) is 36.9 Å². The molecule has 0 unspecified atom stereocenters. The van der Waals surface area contributed by atoms with Crippen LogP contribution in [0, 0.1) is 0 Å². The summed E-state index contributed by atoms with van der Waals surface area (Å²) < 4.78 is 11.3. The largest absolute Gasteiger partial charge is 0.493 e. The Labute approximate surface area is 182 Å². The number of allylic oxidation sites excluding steroid dienone is 1. The molecule has 30 heavy (non-hydrogen) atoms. The number of hydrogen-bond acceptors (Lipinski definition) is 5. The quantitative estimate of drug-likeness (QED) is 0.439. The Bertz CT molecular complexity index is 938. The zero-order chi connectivity index (χ0) is 21.5. The van der Waals surface area contributed by atoms with Crippen molar-refractivity contribution < 1.29 is 14.3 Å². The van der Waals surface area contributed by atoms with Crippen molar-refractivity contribution in [1.29, 1.82) is 0 Å². The van der Waals surface area contributed by atoms with Gasteiger partial charge in [0.1, 0.15) is 0 Å². The maximum atomic E-state index is 12.5. The molecule has 0 saturated carbocycles. The lowest BCUT2D eigenvalue weighted by molar-refractivity contribution is -0.116. The van der Waals surface area contributed by atoms with Crippen molar-refractivity contribution in [3.63, 3.8) is 0 Å². The zero-order valence-electron chi connectivity index (χ0n) is 17.7. The molecule has 0 aromatic heterocycles. The number of hydrogen-bond donors (Lipinski definition) is 2. The molecule has 1 aliphatic heterocycles. The van der Waals surface area contributed by atoms with Crippen LogP contribution < -0.4 is 20.1 Å². The average Bonchev–Trinajstić information content (AvgIpc) is 3.09. The number of rotatable bonds is 9. The van der Waals surface area contributed by atoms with Crippen molar-refractivity contribution in [1.82, 2.24) is 5.32 Å². The highest BCUT2D eigenvalue weighted by Gasteiger charge is 2.27. The summed E-state index contributed by atoms with van der Waals surface area (Å²) in [6, 6.07) is 12.2. The normalized spacial score (nSPS) is 17.0. The molecule has 6 heteroatoms. The van der Waals surface area contributed by atoms with Gasteiger partial charge in [-0.3, -0.25) is 4.79 Å². The van der Waals surface area contributed by atoms with Gasteiger partial charge in [-0.05, 0) is 61.2 Å². The molecular formula is C24H28N2O3S. The highest BCUT2D eigenvalue weighted by molar-refractivity contribution is 8.05. The Balaban J connectivity index is 1.80. The first-order chi connectivity index (χ1) is 14.6. The second-order valence-electron chi connectivity index (χ2n) is 6.81. The van der Waals surface area contributed by atoms with Gasteiger partial charge in [0.15, 0.2) is 17.0 Å². The number of nitrogens with one attached hydrogen (secondary N) is 2. The first-order valence-corrected chi connectivity index (χ1v) is 10.9. The average molecular weight is 425 g/mol. The molecule has 2 N–H and O–H groups in total. The van der Waals surface area contributed by atoms with Crippen molar-refractivity contribution in [2.75, 3.05) is 19.0 Å². The molecule has 0 radical (unpaired) electrons. The van der Waals surface area contributed by atoms with Crippen molar-refractivity contribution in [2.45, 2.75) is 32.2 Å². The van der Waals surface area contributed by atoms with E-state index in [4.69, 9.17) is 9.47 Å². The summed E-state index contributed by atoms with van der Waals surface area (Å²) in [6.45, 7) is 8.45. The lowest BCUT2D eigenvalue weighted by Crippen LogP contribution is -2.30. The summed E-state index contributed by atoms with van der Waals surface area (Å²) in [4.78, 5) is 13.1. The molecular weight excluding hydrogens is 396 g/mol. The van der Waals surface area contributed by atoms with Crippen LogP contribution >= 0.6 is 11.8 Å². The molecule has 1 heterocycles. The fourth-order valence-electron chi connectivity index (χ4n) is 3.24. The third kappa shape index (κ3) is 5.19. The first-order valence-electron chi connectivity index (χ1n) is 10.1. The maximum absolute atomic E-state index is 12.5. The van der Waals surface area contributed by atoms with Crippen LogP contribution in [0.4, 0.5) is 5.69 Å². The van der Waals surface area contributed by atoms with E-state index in [0.717, 1.165) is 29.0 Å². The van der Waals surface area contributed by atoms with Crippen LogP contribution in [0.1, 0.15) is 30.5 Å². The number of methoxy groups -OCH3 is 1. The predicted octanol–water partition coefficient (Wildman–Crippen LogP) is 4.98. The van der Waals surface area contributed by atoms with Gasteiger partial charge in [-0.15, -0.1) is 6.58 Å². The molecule has 5 nitrogen and oxygen atoms in total. The number of benzene rings is 2. The molecule has 1 saturated heterocycles. The van der Waals surface area contributed by atoms with Gasteiger partial charge in [0.2, 0.25) is 0 Å². The third-order valence-corrected chi connectivity index (χ3v) is 5.74. The van der Waals surface area contributed by atoms with E-state index in [9.17, 15) is 4.79 Å². The van der Waals surface area contributed by atoms with Crippen molar-refractivity contribution in [3.05, 3.63) is 70.6 Å². The zero-order valence-corrected chi connectivity index (χ0v) is 18.5. The first kappa shape index (κ1) is 21.8. The fourth-order valence-corrected chi connectivity index (χ4v) is 4.22. The van der Waals surface area contributed by atoms with Crippen LogP contribution in [-0.2, 0) is 17.6 Å². The van der Waals surface area contributed by atoms with Crippen molar-refractivity contribution >= 4 is 29.4 Å². The molecule has 0 spiro atoms. The molecule has 158 valence electrons. The molecule has 2 aromatic carbocycles. The van der Waals surface area contributed by atoms with Gasteiger partial charge in [0.25, 0.3) is 5.91 Å². The summed E-state index contributed by atoms with van der Waals surface area (Å²) in [6.07, 6.45) is 5.36. The SMILES string of the molecule is C=CCc1cc(/C=C2\S[C@H](Nc3ccc(CC)cc3)NC2=O)cc(OC)c1OCC. The van der Waals surface area contributed by atoms with E-state index in [1.54, 1.807) is 7.11 Å². The van der Waals surface area contributed by atoms with E-state index in [0.29, 0.717) is 23.7 Å². The molecule has 1 amide bonds. The molecule has 0 bridgehead atoms. The Morgan fingerprint density at radius 3 is 2.63 bits per heavy atom. The molecule has 2 aromatic rings. The predicted molar refractivity (Wildman–Crippen MR) is 125 cm³/mol. The van der Waals surface area contributed by atoms with E-state index < -0.39 is 0 Å². The van der Waals surface area contributed by atoms with Crippen LogP contribution in [0.5, 0.6) is 11.5 Å². The highest BCUT2D eigenvalue weighted by atomic mass is 32.2. The number of carbonyl (C=O) groups excluding carboxylic acids is 1. The summed E-state index contributed by atoms with van der Waals surface area (Å²) >= 11 is 1.46. The molecule has 1 fully saturated rings. The Kier molecular flexibility index (Phi) is 7.46. The second kappa shape index (κ2) is 10.3. The number of anilines is 1. The molecule has 1 aliphatic rings. The lowest BCUT2D eigenvalue weighted by atomic mass is 10.0. The highest BCUT2D eigenvalue weighted by Crippen LogP contribution is 2.36. The van der Waals surface area contributed by atoms with Crippen molar-refractivity contribution in [3.8, 4) is 11.5 Å². The van der Waals surface area contributed by atoms with Crippen LogP contribution in [-0.4, -0.2) is 25.1 Å². The fraction of sp³-hybridized carbons (Fsp3) is 0.292. The minimum atomic E-state index is -0.214. The molecule has 0 aliphatic carbocycles. The van der Waals surface area contributed by atoms with Gasteiger partial charge < -0.3 is 20.1 Å². The number of thioether (sulfide) groups is 1. The van der Waals surface area contributed by atoms with Crippen LogP contribution in [0.2, 0.25) is 0 Å². The van der Waals surface area contributed by atoms with Crippen molar-refractivity contribution in [2.24, 2.45) is 0 Å². The summed E-state index contributed by atoms with van der Waals surface area (Å²) in [7, 11) is 1.62. The van der Waals surface area contributed by atoms with Crippen LogP contribution in [0.15, 0.2) is 54.0 Å². The van der Waals surface area contributed by atoms with Gasteiger partial charge in [-0.25, -0.2) is 0 Å². The van der Waals surface area contributed by atoms with E-state index in [1.165, 1.54) is 17.3 Å². The van der Waals surface area contributed by atoms with E-state index in [2.05, 4.69) is 36.3 Å². The monoisotopic (exact) mass is 424 g/mol. The van der Waals surface area contributed by atoms with Gasteiger partial charge >= 0.3 is 0 Å². The smallest absolute Gasteiger partial charge is 0.260 e. The Morgan fingerprint density at radius 2 is 2.00 bits per heavy atom. The lowest BCUT2D eigenvalue weighted by Gasteiger charge is -2.15. The number of carbonyl (C=O) groups is 1. The van der Waals surface area contributed by atoms with Crippen LogP contribution in [0.3, 0.4) is 0 Å². The van der Waals surface area contributed by atoms with E-state index in [1.807, 2.05) is 43.3 Å². The standard InChI is InChI=1S/C24H28N2O3S/c1-5-8-18-13-17(14-20(28-4)22(18)29-7-3)15-21-23(27)26-24(30-21)25-19-11-9-16(6-2)10-12-19/h5,9-15,24-25H,1,6-8H2,2-4H3,(H,26,27)/b21-15-/t24-/m1/s1. The Hall–Kier alpha value is -2.86. The summed E-state index contributed by atoms with van der Waals surface area (Å²) in [5, 5.41) is 6.32. The van der Waals surface area contributed by atoms with E-state index in [-0.39, 0.29) is 11.4 Å². The van der Waals surface area contributed by atoms with Gasteiger partial charge in [0, 0.05) is 11.3 Å². The minimum Gasteiger partial charge on any atom is -0.493 e. The topological polar surface area (TPSA) is 59.6 Å². The van der Waals surface area contributed by atoms with Crippen LogP contribution in [0.25, 0.3) is 6.08 Å². The Morgan fingerprint density at radius 1 is 1.23 bits per heavy atom. The summed E-state index contributed by atoms with van der Waals surface area (Å²) in [5.41, 5.74) is 3.91. The third-order valence-electron chi connectivity index (χ3n) is 4.72. The molecule has 3 rings (SSSR count). The number of aryl methyl sites for hydroxylation is 1. The summed E-state index contributed by atoms with van der Waals surface area (Å²) in [5.74, 6) is 1.28. The second-order valence-corrected chi connectivity index (χ2v) is 7.96. The van der Waals surface area contributed by atoms with Gasteiger partial charge in [0.05, 0.1) is 18.6 Å². The van der Waals surface area contributed by atoms with Gasteiger partial charge in [-0.2, -0.15) is 0 Å². The van der Waals surface area contributed by atoms with E-state index >= 15 is 0 Å². The number of amides is 1.